The van der Waals surface area contributed by atoms with E-state index in [0.29, 0.717) is 26.2 Å². The van der Waals surface area contributed by atoms with Crippen molar-refractivity contribution in [2.45, 2.75) is 13.0 Å². The van der Waals surface area contributed by atoms with E-state index in [4.69, 9.17) is 33.2 Å². The van der Waals surface area contributed by atoms with Crippen molar-refractivity contribution in [3.63, 3.8) is 0 Å². The van der Waals surface area contributed by atoms with Crippen molar-refractivity contribution in [3.8, 4) is 6.07 Å². The highest BCUT2D eigenvalue weighted by atomic mass is 35.5. The average Bonchev–Trinajstić information content (AvgIpc) is 3.03. The Labute approximate surface area is 158 Å². The maximum Gasteiger partial charge on any atom is 0.331 e. The summed E-state index contributed by atoms with van der Waals surface area (Å²) < 4.78 is 5.04. The molecule has 0 saturated heterocycles. The van der Waals surface area contributed by atoms with E-state index >= 15 is 0 Å². The van der Waals surface area contributed by atoms with Gasteiger partial charge < -0.3 is 10.1 Å². The Bertz CT molecular complexity index is 871. The molecule has 2 rings (SSSR count). The second kappa shape index (κ2) is 8.67. The van der Waals surface area contributed by atoms with E-state index in [1.165, 1.54) is 30.4 Å². The van der Waals surface area contributed by atoms with Crippen LogP contribution in [-0.4, -0.2) is 18.0 Å². The third kappa shape index (κ3) is 5.33. The fourth-order valence-corrected chi connectivity index (χ4v) is 2.80. The number of nitrogens with zero attached hydrogens (tertiary/aromatic N) is 1. The van der Waals surface area contributed by atoms with Crippen LogP contribution in [0.5, 0.6) is 0 Å². The average molecular weight is 395 g/mol. The van der Waals surface area contributed by atoms with Crippen LogP contribution in [0.2, 0.25) is 10.0 Å². The minimum absolute atomic E-state index is 0.358. The molecule has 0 aliphatic heterocycles. The number of rotatable bonds is 5. The van der Waals surface area contributed by atoms with Crippen molar-refractivity contribution < 1.29 is 14.3 Å². The molecule has 0 bridgehead atoms. The number of amides is 1. The van der Waals surface area contributed by atoms with Crippen LogP contribution in [0.15, 0.2) is 35.7 Å². The maximum absolute atomic E-state index is 12.0. The van der Waals surface area contributed by atoms with Crippen LogP contribution >= 0.6 is 34.5 Å². The van der Waals surface area contributed by atoms with Crippen molar-refractivity contribution in [2.75, 3.05) is 5.32 Å². The molecule has 1 amide bonds. The van der Waals surface area contributed by atoms with Gasteiger partial charge in [0.1, 0.15) is 11.1 Å². The van der Waals surface area contributed by atoms with Gasteiger partial charge in [0.25, 0.3) is 5.91 Å². The van der Waals surface area contributed by atoms with E-state index in [1.54, 1.807) is 29.6 Å². The van der Waals surface area contributed by atoms with Gasteiger partial charge in [-0.05, 0) is 42.1 Å². The zero-order valence-corrected chi connectivity index (χ0v) is 15.3. The van der Waals surface area contributed by atoms with Gasteiger partial charge in [-0.15, -0.1) is 11.3 Å². The second-order valence-corrected chi connectivity index (χ2v) is 6.58. The summed E-state index contributed by atoms with van der Waals surface area (Å²) in [4.78, 5) is 23.8. The van der Waals surface area contributed by atoms with E-state index in [-0.39, 0.29) is 0 Å². The molecule has 1 N–H and O–H groups in total. The molecule has 1 aromatic heterocycles. The van der Waals surface area contributed by atoms with Crippen LogP contribution < -0.4 is 5.32 Å². The highest BCUT2D eigenvalue weighted by Gasteiger charge is 2.18. The number of hydrogen-bond donors (Lipinski definition) is 1. The summed E-state index contributed by atoms with van der Waals surface area (Å²) in [5, 5.41) is 14.4. The van der Waals surface area contributed by atoms with Gasteiger partial charge in [0.2, 0.25) is 0 Å². The number of carbonyl (C=O) groups is 2. The Hall–Kier alpha value is -2.33. The van der Waals surface area contributed by atoms with Crippen molar-refractivity contribution in [1.29, 1.82) is 5.26 Å². The quantitative estimate of drug-likeness (QED) is 0.597. The lowest BCUT2D eigenvalue weighted by molar-refractivity contribution is -0.148. The van der Waals surface area contributed by atoms with Crippen LogP contribution in [-0.2, 0) is 14.3 Å². The Kier molecular flexibility index (Phi) is 6.59. The fraction of sp³-hybridized carbons (Fsp3) is 0.118. The van der Waals surface area contributed by atoms with Gasteiger partial charge in [-0.1, -0.05) is 29.3 Å². The van der Waals surface area contributed by atoms with Crippen LogP contribution in [0, 0.1) is 11.3 Å². The first-order chi connectivity index (χ1) is 11.9. The summed E-state index contributed by atoms with van der Waals surface area (Å²) in [5.74, 6) is -1.20. The Balaban J connectivity index is 1.93. The summed E-state index contributed by atoms with van der Waals surface area (Å²) >= 11 is 12.9. The summed E-state index contributed by atoms with van der Waals surface area (Å²) in [5.41, 5.74) is 1.03. The maximum atomic E-state index is 12.0. The SMILES string of the molecule is C[C@H](OC(=O)/C=C/c1ccc(Cl)c(Cl)c1)C(=O)Nc1sccc1C#N. The third-order valence-corrected chi connectivity index (χ3v) is 4.61. The van der Waals surface area contributed by atoms with Gasteiger partial charge in [-0.3, -0.25) is 4.79 Å². The van der Waals surface area contributed by atoms with Crippen molar-refractivity contribution in [1.82, 2.24) is 0 Å². The normalized spacial score (nSPS) is 11.8. The largest absolute Gasteiger partial charge is 0.449 e. The van der Waals surface area contributed by atoms with Crippen LogP contribution in [0.4, 0.5) is 5.00 Å². The lowest BCUT2D eigenvalue weighted by Crippen LogP contribution is -2.29. The Morgan fingerprint density at radius 1 is 1.32 bits per heavy atom. The minimum Gasteiger partial charge on any atom is -0.449 e. The molecule has 5 nitrogen and oxygen atoms in total. The summed E-state index contributed by atoms with van der Waals surface area (Å²) in [6.45, 7) is 1.44. The predicted molar refractivity (Wildman–Crippen MR) is 98.7 cm³/mol. The number of carbonyl (C=O) groups excluding carboxylic acids is 2. The molecule has 8 heteroatoms. The topological polar surface area (TPSA) is 79.2 Å². The number of nitriles is 1. The molecule has 0 aliphatic carbocycles. The fourth-order valence-electron chi connectivity index (χ4n) is 1.75. The van der Waals surface area contributed by atoms with E-state index in [1.807, 2.05) is 6.07 Å². The summed E-state index contributed by atoms with van der Waals surface area (Å²) in [6, 6.07) is 8.46. The molecule has 0 radical (unpaired) electrons. The molecule has 2 aromatic rings. The van der Waals surface area contributed by atoms with Crippen LogP contribution in [0.3, 0.4) is 0 Å². The van der Waals surface area contributed by atoms with Gasteiger partial charge in [-0.2, -0.15) is 5.26 Å². The van der Waals surface area contributed by atoms with E-state index in [2.05, 4.69) is 5.32 Å². The Morgan fingerprint density at radius 3 is 2.76 bits per heavy atom. The highest BCUT2D eigenvalue weighted by Crippen LogP contribution is 2.23. The first-order valence-electron chi connectivity index (χ1n) is 7.03. The first kappa shape index (κ1) is 19.0. The lowest BCUT2D eigenvalue weighted by atomic mass is 10.2. The van der Waals surface area contributed by atoms with Gasteiger partial charge in [-0.25, -0.2) is 4.79 Å². The van der Waals surface area contributed by atoms with Gasteiger partial charge in [0, 0.05) is 6.08 Å². The molecule has 0 saturated carbocycles. The molecule has 1 aromatic carbocycles. The minimum atomic E-state index is -1.01. The van der Waals surface area contributed by atoms with E-state index in [0.717, 1.165) is 0 Å². The summed E-state index contributed by atoms with van der Waals surface area (Å²) in [6.07, 6.45) is 1.68. The monoisotopic (exact) mass is 394 g/mol. The highest BCUT2D eigenvalue weighted by molar-refractivity contribution is 7.14. The van der Waals surface area contributed by atoms with Gasteiger partial charge in [0.05, 0.1) is 15.6 Å². The van der Waals surface area contributed by atoms with Gasteiger partial charge >= 0.3 is 5.97 Å². The van der Waals surface area contributed by atoms with Gasteiger partial charge in [0.15, 0.2) is 6.10 Å². The van der Waals surface area contributed by atoms with E-state index < -0.39 is 18.0 Å². The zero-order chi connectivity index (χ0) is 18.4. The lowest BCUT2D eigenvalue weighted by Gasteiger charge is -2.11. The smallest absolute Gasteiger partial charge is 0.331 e. The van der Waals surface area contributed by atoms with Crippen LogP contribution in [0.1, 0.15) is 18.1 Å². The predicted octanol–water partition coefficient (Wildman–Crippen LogP) is 4.51. The zero-order valence-electron chi connectivity index (χ0n) is 13.0. The molecule has 0 fully saturated rings. The van der Waals surface area contributed by atoms with Crippen molar-refractivity contribution in [3.05, 3.63) is 56.9 Å². The molecule has 1 heterocycles. The molecule has 128 valence electrons. The second-order valence-electron chi connectivity index (χ2n) is 4.85. The number of esters is 1. The molecule has 0 unspecified atom stereocenters. The number of benzene rings is 1. The van der Waals surface area contributed by atoms with E-state index in [9.17, 15) is 9.59 Å². The molecule has 25 heavy (non-hydrogen) atoms. The number of thiophene rings is 1. The first-order valence-corrected chi connectivity index (χ1v) is 8.66. The van der Waals surface area contributed by atoms with Crippen LogP contribution in [0.25, 0.3) is 6.08 Å². The third-order valence-electron chi connectivity index (χ3n) is 3.04. The molecular weight excluding hydrogens is 383 g/mol. The number of nitrogens with one attached hydrogen (secondary N) is 1. The number of ether oxygens (including phenoxy) is 1. The number of hydrogen-bond acceptors (Lipinski definition) is 5. The number of halogens is 2. The molecule has 1 atom stereocenters. The molecular formula is C17H12Cl2N2O3S. The number of anilines is 1. The standard InChI is InChI=1S/C17H12Cl2N2O3S/c1-10(16(23)21-17-12(9-20)6-7-25-17)24-15(22)5-3-11-2-4-13(18)14(19)8-11/h2-8,10H,1H3,(H,21,23)/b5-3+/t10-/m0/s1. The van der Waals surface area contributed by atoms with Crippen molar-refractivity contribution in [2.24, 2.45) is 0 Å². The Morgan fingerprint density at radius 2 is 2.08 bits per heavy atom. The van der Waals surface area contributed by atoms with Crippen molar-refractivity contribution >= 4 is 57.5 Å². The molecule has 0 aliphatic rings. The molecule has 0 spiro atoms. The summed E-state index contributed by atoms with van der Waals surface area (Å²) in [7, 11) is 0.